The van der Waals surface area contributed by atoms with Crippen LogP contribution in [0, 0.1) is 0 Å². The second-order valence-corrected chi connectivity index (χ2v) is 4.90. The smallest absolute Gasteiger partial charge is 0.150 e. The van der Waals surface area contributed by atoms with Crippen LogP contribution >= 0.6 is 0 Å². The summed E-state index contributed by atoms with van der Waals surface area (Å²) in [5.74, 6) is 0.826. The van der Waals surface area contributed by atoms with E-state index in [1.807, 2.05) is 54.6 Å². The first kappa shape index (κ1) is 13.4. The number of hydrogen-bond acceptors (Lipinski definition) is 2. The van der Waals surface area contributed by atoms with E-state index >= 15 is 0 Å². The van der Waals surface area contributed by atoms with Crippen LogP contribution < -0.4 is 4.74 Å². The number of aldehydes is 1. The highest BCUT2D eigenvalue weighted by Crippen LogP contribution is 2.27. The highest BCUT2D eigenvalue weighted by Gasteiger charge is 2.06. The summed E-state index contributed by atoms with van der Waals surface area (Å²) in [4.78, 5) is 11.1. The van der Waals surface area contributed by atoms with Crippen molar-refractivity contribution >= 4 is 17.1 Å². The van der Waals surface area contributed by atoms with Crippen LogP contribution in [0.2, 0.25) is 0 Å². The number of carbonyl (C=O) groups excluding carboxylic acids is 1. The lowest BCUT2D eigenvalue weighted by molar-refractivity contribution is 0.112. The van der Waals surface area contributed by atoms with Crippen molar-refractivity contribution in [1.82, 2.24) is 0 Å². The van der Waals surface area contributed by atoms with E-state index in [-0.39, 0.29) is 0 Å². The molecule has 21 heavy (non-hydrogen) atoms. The summed E-state index contributed by atoms with van der Waals surface area (Å²) >= 11 is 0. The Hall–Kier alpha value is -2.61. The van der Waals surface area contributed by atoms with Gasteiger partial charge in [0, 0.05) is 17.4 Å². The quantitative estimate of drug-likeness (QED) is 0.650. The van der Waals surface area contributed by atoms with Gasteiger partial charge in [-0.25, -0.2) is 0 Å². The summed E-state index contributed by atoms with van der Waals surface area (Å²) in [7, 11) is 0. The fraction of sp³-hybridized carbons (Fsp3) is 0.105. The van der Waals surface area contributed by atoms with Crippen molar-refractivity contribution in [1.29, 1.82) is 0 Å². The Balaban J connectivity index is 1.80. The summed E-state index contributed by atoms with van der Waals surface area (Å²) < 4.78 is 5.91. The second kappa shape index (κ2) is 6.23. The maximum Gasteiger partial charge on any atom is 0.150 e. The Kier molecular flexibility index (Phi) is 3.97. The Bertz CT molecular complexity index is 748. The molecule has 0 atom stereocenters. The van der Waals surface area contributed by atoms with Crippen LogP contribution in [0.5, 0.6) is 5.75 Å². The normalized spacial score (nSPS) is 10.5. The number of benzene rings is 3. The van der Waals surface area contributed by atoms with Gasteiger partial charge in [0.05, 0.1) is 6.61 Å². The SMILES string of the molecule is O=Cc1ccc(OCCc2ccccc2)c2ccccc12. The number of carbonyl (C=O) groups is 1. The molecular formula is C19H16O2. The van der Waals surface area contributed by atoms with Crippen molar-refractivity contribution in [3.63, 3.8) is 0 Å². The summed E-state index contributed by atoms with van der Waals surface area (Å²) in [6.07, 6.45) is 1.75. The molecule has 0 aliphatic heterocycles. The van der Waals surface area contributed by atoms with Crippen LogP contribution in [0.1, 0.15) is 15.9 Å². The van der Waals surface area contributed by atoms with Crippen molar-refractivity contribution in [2.45, 2.75) is 6.42 Å². The summed E-state index contributed by atoms with van der Waals surface area (Å²) in [6, 6.07) is 21.8. The van der Waals surface area contributed by atoms with E-state index in [9.17, 15) is 4.79 Å². The molecule has 0 saturated heterocycles. The van der Waals surface area contributed by atoms with Crippen molar-refractivity contribution in [3.8, 4) is 5.75 Å². The molecule has 3 aromatic rings. The van der Waals surface area contributed by atoms with E-state index in [1.54, 1.807) is 0 Å². The second-order valence-electron chi connectivity index (χ2n) is 4.90. The molecule has 0 aliphatic carbocycles. The Morgan fingerprint density at radius 1 is 0.810 bits per heavy atom. The lowest BCUT2D eigenvalue weighted by atomic mass is 10.0. The fourth-order valence-corrected chi connectivity index (χ4v) is 2.45. The van der Waals surface area contributed by atoms with Gasteiger partial charge in [-0.15, -0.1) is 0 Å². The molecule has 0 N–H and O–H groups in total. The van der Waals surface area contributed by atoms with Gasteiger partial charge < -0.3 is 4.74 Å². The number of fused-ring (bicyclic) bond motifs is 1. The van der Waals surface area contributed by atoms with Gasteiger partial charge in [0.15, 0.2) is 6.29 Å². The zero-order chi connectivity index (χ0) is 14.5. The molecule has 0 radical (unpaired) electrons. The number of rotatable bonds is 5. The molecule has 3 rings (SSSR count). The molecule has 0 saturated carbocycles. The highest BCUT2D eigenvalue weighted by atomic mass is 16.5. The van der Waals surface area contributed by atoms with Crippen LogP contribution in [-0.4, -0.2) is 12.9 Å². The van der Waals surface area contributed by atoms with Gasteiger partial charge in [-0.05, 0) is 23.1 Å². The van der Waals surface area contributed by atoms with Gasteiger partial charge in [-0.3, -0.25) is 4.79 Å². The van der Waals surface area contributed by atoms with Crippen LogP contribution in [0.15, 0.2) is 66.7 Å². The molecule has 0 aliphatic rings. The van der Waals surface area contributed by atoms with Gasteiger partial charge in [-0.2, -0.15) is 0 Å². The van der Waals surface area contributed by atoms with Crippen molar-refractivity contribution < 1.29 is 9.53 Å². The van der Waals surface area contributed by atoms with E-state index in [2.05, 4.69) is 12.1 Å². The topological polar surface area (TPSA) is 26.3 Å². The van der Waals surface area contributed by atoms with Gasteiger partial charge in [-0.1, -0.05) is 54.6 Å². The lowest BCUT2D eigenvalue weighted by Crippen LogP contribution is -2.02. The van der Waals surface area contributed by atoms with Crippen molar-refractivity contribution in [2.24, 2.45) is 0 Å². The maximum atomic E-state index is 11.1. The molecule has 0 heterocycles. The average molecular weight is 276 g/mol. The zero-order valence-corrected chi connectivity index (χ0v) is 11.7. The minimum absolute atomic E-state index is 0.619. The molecule has 0 fully saturated rings. The van der Waals surface area contributed by atoms with Crippen molar-refractivity contribution in [3.05, 3.63) is 77.9 Å². The largest absolute Gasteiger partial charge is 0.493 e. The Morgan fingerprint density at radius 2 is 1.52 bits per heavy atom. The summed E-state index contributed by atoms with van der Waals surface area (Å²) in [5, 5.41) is 1.92. The first-order valence-corrected chi connectivity index (χ1v) is 7.02. The minimum atomic E-state index is 0.619. The van der Waals surface area contributed by atoms with E-state index in [0.29, 0.717) is 12.2 Å². The molecule has 0 aromatic heterocycles. The van der Waals surface area contributed by atoms with Gasteiger partial charge >= 0.3 is 0 Å². The molecule has 0 amide bonds. The maximum absolute atomic E-state index is 11.1. The van der Waals surface area contributed by atoms with E-state index in [0.717, 1.165) is 29.2 Å². The molecule has 104 valence electrons. The molecule has 2 heteroatoms. The lowest BCUT2D eigenvalue weighted by Gasteiger charge is -2.10. The summed E-state index contributed by atoms with van der Waals surface area (Å²) in [5.41, 5.74) is 1.95. The van der Waals surface area contributed by atoms with E-state index < -0.39 is 0 Å². The predicted molar refractivity (Wildman–Crippen MR) is 85.0 cm³/mol. The molecular weight excluding hydrogens is 260 g/mol. The minimum Gasteiger partial charge on any atom is -0.493 e. The van der Waals surface area contributed by atoms with Gasteiger partial charge in [0.25, 0.3) is 0 Å². The molecule has 0 unspecified atom stereocenters. The zero-order valence-electron chi connectivity index (χ0n) is 11.7. The third kappa shape index (κ3) is 2.95. The molecule has 0 spiro atoms. The van der Waals surface area contributed by atoms with Crippen LogP contribution in [0.25, 0.3) is 10.8 Å². The predicted octanol–water partition coefficient (Wildman–Crippen LogP) is 4.27. The number of hydrogen-bond donors (Lipinski definition) is 0. The Labute approximate surface area is 124 Å². The average Bonchev–Trinajstić information content (AvgIpc) is 2.56. The monoisotopic (exact) mass is 276 g/mol. The van der Waals surface area contributed by atoms with Gasteiger partial charge in [0.2, 0.25) is 0 Å². The molecule has 0 bridgehead atoms. The van der Waals surface area contributed by atoms with Crippen LogP contribution in [0.3, 0.4) is 0 Å². The van der Waals surface area contributed by atoms with Crippen molar-refractivity contribution in [2.75, 3.05) is 6.61 Å². The van der Waals surface area contributed by atoms with Gasteiger partial charge in [0.1, 0.15) is 5.75 Å². The molecule has 3 aromatic carbocycles. The number of ether oxygens (including phenoxy) is 1. The standard InChI is InChI=1S/C19H16O2/c20-14-16-10-11-19(18-9-5-4-8-17(16)18)21-13-12-15-6-2-1-3-7-15/h1-11,14H,12-13H2. The third-order valence-electron chi connectivity index (χ3n) is 3.54. The van der Waals surface area contributed by atoms with Crippen LogP contribution in [-0.2, 0) is 6.42 Å². The highest BCUT2D eigenvalue weighted by molar-refractivity contribution is 6.00. The molecule has 2 nitrogen and oxygen atoms in total. The van der Waals surface area contributed by atoms with E-state index in [1.165, 1.54) is 5.56 Å². The van der Waals surface area contributed by atoms with E-state index in [4.69, 9.17) is 4.74 Å². The van der Waals surface area contributed by atoms with Crippen LogP contribution in [0.4, 0.5) is 0 Å². The first-order valence-electron chi connectivity index (χ1n) is 7.02. The summed E-state index contributed by atoms with van der Waals surface area (Å²) in [6.45, 7) is 0.619. The third-order valence-corrected chi connectivity index (χ3v) is 3.54. The fourth-order valence-electron chi connectivity index (χ4n) is 2.45. The first-order chi connectivity index (χ1) is 10.4. The Morgan fingerprint density at radius 3 is 2.29 bits per heavy atom.